The van der Waals surface area contributed by atoms with Gasteiger partial charge < -0.3 is 25.1 Å². The number of ether oxygens (including phenoxy) is 1. The topological polar surface area (TPSA) is 95.8 Å². The lowest BCUT2D eigenvalue weighted by atomic mass is 10.2. The van der Waals surface area contributed by atoms with Crippen LogP contribution < -0.4 is 16.0 Å². The van der Waals surface area contributed by atoms with Crippen molar-refractivity contribution in [1.82, 2.24) is 20.9 Å². The van der Waals surface area contributed by atoms with Gasteiger partial charge in [-0.1, -0.05) is 0 Å². The van der Waals surface area contributed by atoms with Crippen molar-refractivity contribution in [1.29, 1.82) is 0 Å². The first-order valence-electron chi connectivity index (χ1n) is 7.87. The number of hydrogen-bond acceptors (Lipinski definition) is 5. The lowest BCUT2D eigenvalue weighted by Gasteiger charge is -2.22. The summed E-state index contributed by atoms with van der Waals surface area (Å²) in [4.78, 5) is 25.2. The van der Waals surface area contributed by atoms with Crippen molar-refractivity contribution in [2.45, 2.75) is 32.4 Å². The van der Waals surface area contributed by atoms with E-state index >= 15 is 0 Å². The van der Waals surface area contributed by atoms with Gasteiger partial charge in [0.25, 0.3) is 0 Å². The average Bonchev–Trinajstić information content (AvgIpc) is 2.95. The van der Waals surface area contributed by atoms with Crippen LogP contribution >= 0.6 is 0 Å². The van der Waals surface area contributed by atoms with Crippen LogP contribution in [0.2, 0.25) is 0 Å². The Morgan fingerprint density at radius 2 is 1.88 bits per heavy atom. The molecule has 3 amide bonds. The second-order valence-electron chi connectivity index (χ2n) is 6.56. The lowest BCUT2D eigenvalue weighted by molar-refractivity contribution is 0.0528. The van der Waals surface area contributed by atoms with Crippen molar-refractivity contribution in [3.8, 4) is 0 Å². The maximum absolute atomic E-state index is 11.8. The zero-order valence-electron chi connectivity index (χ0n) is 15.0. The molecule has 1 heterocycles. The molecule has 0 aliphatic carbocycles. The van der Waals surface area contributed by atoms with E-state index in [0.717, 1.165) is 5.76 Å². The maximum atomic E-state index is 11.8. The van der Waals surface area contributed by atoms with Crippen molar-refractivity contribution in [2.24, 2.45) is 0 Å². The zero-order valence-corrected chi connectivity index (χ0v) is 15.0. The fourth-order valence-electron chi connectivity index (χ4n) is 1.93. The van der Waals surface area contributed by atoms with Crippen LogP contribution in [-0.2, 0) is 4.74 Å². The van der Waals surface area contributed by atoms with Crippen LogP contribution in [0.25, 0.3) is 0 Å². The monoisotopic (exact) mass is 340 g/mol. The van der Waals surface area contributed by atoms with Crippen LogP contribution in [0.1, 0.15) is 32.6 Å². The van der Waals surface area contributed by atoms with Gasteiger partial charge in [0.1, 0.15) is 11.4 Å². The Balaban J connectivity index is 2.23. The Labute approximate surface area is 142 Å². The molecule has 8 heteroatoms. The van der Waals surface area contributed by atoms with Gasteiger partial charge >= 0.3 is 12.1 Å². The Kier molecular flexibility index (Phi) is 7.57. The van der Waals surface area contributed by atoms with Crippen LogP contribution in [0.15, 0.2) is 22.8 Å². The molecule has 0 aliphatic heterocycles. The highest BCUT2D eigenvalue weighted by atomic mass is 16.6. The standard InChI is InChI=1S/C16H28N4O4/c1-16(2,3)24-15(22)18-9-8-17-14(21)19-11-12(20(4)5)13-7-6-10-23-13/h6-7,10,12H,8-9,11H2,1-5H3,(H,18,22)(H2,17,19,21). The fraction of sp³-hybridized carbons (Fsp3) is 0.625. The number of furan rings is 1. The smallest absolute Gasteiger partial charge is 0.407 e. The van der Waals surface area contributed by atoms with Crippen molar-refractivity contribution >= 4 is 12.1 Å². The number of nitrogens with one attached hydrogen (secondary N) is 3. The van der Waals surface area contributed by atoms with Crippen LogP contribution in [-0.4, -0.2) is 56.4 Å². The highest BCUT2D eigenvalue weighted by Gasteiger charge is 2.18. The van der Waals surface area contributed by atoms with Gasteiger partial charge in [-0.15, -0.1) is 0 Å². The number of alkyl carbamates (subject to hydrolysis) is 1. The molecule has 8 nitrogen and oxygen atoms in total. The molecule has 0 saturated heterocycles. The molecule has 0 aliphatic rings. The van der Waals surface area contributed by atoms with Crippen LogP contribution in [0.4, 0.5) is 9.59 Å². The normalized spacial score (nSPS) is 12.6. The molecule has 0 fully saturated rings. The summed E-state index contributed by atoms with van der Waals surface area (Å²) in [5.41, 5.74) is -0.540. The molecule has 0 radical (unpaired) electrons. The third-order valence-electron chi connectivity index (χ3n) is 3.03. The first kappa shape index (κ1) is 19.8. The summed E-state index contributed by atoms with van der Waals surface area (Å²) in [5, 5.41) is 8.03. The molecule has 24 heavy (non-hydrogen) atoms. The Hall–Kier alpha value is -2.22. The SMILES string of the molecule is CN(C)C(CNC(=O)NCCNC(=O)OC(C)(C)C)c1ccco1. The number of amides is 3. The number of carbonyl (C=O) groups excluding carboxylic acids is 2. The summed E-state index contributed by atoms with van der Waals surface area (Å²) in [5.74, 6) is 0.784. The molecule has 0 bridgehead atoms. The van der Waals surface area contributed by atoms with E-state index in [1.807, 2.05) is 31.1 Å². The van der Waals surface area contributed by atoms with Gasteiger partial charge in [-0.3, -0.25) is 4.90 Å². The molecule has 136 valence electrons. The van der Waals surface area contributed by atoms with E-state index in [9.17, 15) is 9.59 Å². The van der Waals surface area contributed by atoms with E-state index in [-0.39, 0.29) is 18.6 Å². The number of urea groups is 1. The molecular weight excluding hydrogens is 312 g/mol. The number of rotatable bonds is 7. The third kappa shape index (κ3) is 7.87. The molecule has 0 aromatic carbocycles. The van der Waals surface area contributed by atoms with E-state index in [4.69, 9.17) is 9.15 Å². The third-order valence-corrected chi connectivity index (χ3v) is 3.03. The summed E-state index contributed by atoms with van der Waals surface area (Å²) in [6.07, 6.45) is 1.10. The van der Waals surface area contributed by atoms with Gasteiger partial charge in [-0.2, -0.15) is 0 Å². The molecule has 1 rings (SSSR count). The Bertz CT molecular complexity index is 509. The zero-order chi connectivity index (χ0) is 18.2. The van der Waals surface area contributed by atoms with Crippen molar-refractivity contribution < 1.29 is 18.7 Å². The molecule has 3 N–H and O–H groups in total. The van der Waals surface area contributed by atoms with E-state index in [0.29, 0.717) is 13.1 Å². The van der Waals surface area contributed by atoms with Gasteiger partial charge in [0.05, 0.1) is 12.3 Å². The highest BCUT2D eigenvalue weighted by molar-refractivity contribution is 5.74. The minimum atomic E-state index is -0.540. The van der Waals surface area contributed by atoms with E-state index in [1.165, 1.54) is 0 Å². The van der Waals surface area contributed by atoms with Crippen molar-refractivity contribution in [3.05, 3.63) is 24.2 Å². The van der Waals surface area contributed by atoms with Gasteiger partial charge in [0.15, 0.2) is 0 Å². The van der Waals surface area contributed by atoms with Crippen molar-refractivity contribution in [2.75, 3.05) is 33.7 Å². The number of carbonyl (C=O) groups is 2. The van der Waals surface area contributed by atoms with Gasteiger partial charge in [-0.05, 0) is 47.0 Å². The van der Waals surface area contributed by atoms with Gasteiger partial charge in [-0.25, -0.2) is 9.59 Å². The number of hydrogen-bond donors (Lipinski definition) is 3. The molecule has 1 aromatic heterocycles. The minimum Gasteiger partial charge on any atom is -0.468 e. The van der Waals surface area contributed by atoms with Crippen molar-refractivity contribution in [3.63, 3.8) is 0 Å². The first-order chi connectivity index (χ1) is 11.2. The van der Waals surface area contributed by atoms with E-state index < -0.39 is 11.7 Å². The number of nitrogens with zero attached hydrogens (tertiary/aromatic N) is 1. The molecule has 0 spiro atoms. The summed E-state index contributed by atoms with van der Waals surface area (Å²) in [7, 11) is 3.83. The predicted octanol–water partition coefficient (Wildman–Crippen LogP) is 1.71. The molecule has 1 atom stereocenters. The predicted molar refractivity (Wildman–Crippen MR) is 90.8 cm³/mol. The van der Waals surface area contributed by atoms with E-state index in [1.54, 1.807) is 27.0 Å². The van der Waals surface area contributed by atoms with Crippen LogP contribution in [0, 0.1) is 0 Å². The van der Waals surface area contributed by atoms with Gasteiger partial charge in [0, 0.05) is 19.6 Å². The first-order valence-corrected chi connectivity index (χ1v) is 7.87. The quantitative estimate of drug-likeness (QED) is 0.657. The lowest BCUT2D eigenvalue weighted by Crippen LogP contribution is -2.43. The van der Waals surface area contributed by atoms with Gasteiger partial charge in [0.2, 0.25) is 0 Å². The largest absolute Gasteiger partial charge is 0.468 e. The van der Waals surface area contributed by atoms with Crippen LogP contribution in [0.3, 0.4) is 0 Å². The Morgan fingerprint density at radius 1 is 1.21 bits per heavy atom. The molecular formula is C16H28N4O4. The second kappa shape index (κ2) is 9.17. The maximum Gasteiger partial charge on any atom is 0.407 e. The summed E-state index contributed by atoms with van der Waals surface area (Å²) in [6.45, 7) is 6.37. The fourth-order valence-corrected chi connectivity index (χ4v) is 1.93. The molecule has 1 aromatic rings. The summed E-state index contributed by atoms with van der Waals surface area (Å²) >= 11 is 0. The average molecular weight is 340 g/mol. The molecule has 0 saturated carbocycles. The second-order valence-corrected chi connectivity index (χ2v) is 6.56. The Morgan fingerprint density at radius 3 is 2.42 bits per heavy atom. The van der Waals surface area contributed by atoms with Crippen LogP contribution in [0.5, 0.6) is 0 Å². The summed E-state index contributed by atoms with van der Waals surface area (Å²) < 4.78 is 10.5. The summed E-state index contributed by atoms with van der Waals surface area (Å²) in [6, 6.07) is 3.33. The van der Waals surface area contributed by atoms with E-state index in [2.05, 4.69) is 16.0 Å². The highest BCUT2D eigenvalue weighted by Crippen LogP contribution is 2.17. The minimum absolute atomic E-state index is 0.0503. The number of likely N-dealkylation sites (N-methyl/N-ethyl adjacent to an activating group) is 1. The molecule has 1 unspecified atom stereocenters.